The minimum Gasteiger partial charge on any atom is -0.481 e. The Hall–Kier alpha value is -4.62. The second kappa shape index (κ2) is 22.5. The third-order valence-corrected chi connectivity index (χ3v) is 9.24. The number of nitrogens with zero attached hydrogens (tertiary/aromatic N) is 1. The summed E-state index contributed by atoms with van der Waals surface area (Å²) < 4.78 is 21.6. The van der Waals surface area contributed by atoms with Crippen molar-refractivity contribution < 1.29 is 68.5 Å². The molecule has 1 aromatic rings. The minimum absolute atomic E-state index is 0.167. The number of rotatable bonds is 22. The van der Waals surface area contributed by atoms with Gasteiger partial charge in [-0.15, -0.1) is 0 Å². The highest BCUT2D eigenvalue weighted by atomic mass is 16.7. The highest BCUT2D eigenvalue weighted by Gasteiger charge is 2.48. The average Bonchev–Trinajstić information content (AvgIpc) is 3.12. The average molecular weight is 816 g/mol. The molecule has 58 heavy (non-hydrogen) atoms. The Kier molecular flexibility index (Phi) is 19.2. The molecular weight excluding hydrogens is 757 g/mol. The van der Waals surface area contributed by atoms with E-state index in [9.17, 15) is 49.5 Å². The summed E-state index contributed by atoms with van der Waals surface area (Å²) in [6, 6.07) is 1.99. The number of carbonyl (C=O) groups is 5. The molecule has 0 saturated carbocycles. The number of amides is 2. The zero-order valence-electron chi connectivity index (χ0n) is 34.4. The summed E-state index contributed by atoms with van der Waals surface area (Å²) in [6.45, 7) is 15.0. The van der Waals surface area contributed by atoms with E-state index in [1.807, 2.05) is 27.7 Å². The molecule has 2 radical (unpaired) electrons. The highest BCUT2D eigenvalue weighted by molar-refractivity contribution is 6.55. The molecule has 2 rings (SSSR count). The van der Waals surface area contributed by atoms with Crippen LogP contribution in [-0.4, -0.2) is 123 Å². The number of nitrogens with one attached hydrogen (secondary N) is 2. The number of hydrogen-bond acceptors (Lipinski definition) is 13. The van der Waals surface area contributed by atoms with Gasteiger partial charge in [-0.1, -0.05) is 29.4 Å². The largest absolute Gasteiger partial charge is 0.481 e. The summed E-state index contributed by atoms with van der Waals surface area (Å²) in [7, 11) is 5.06. The molecule has 320 valence electrons. The Morgan fingerprint density at radius 3 is 2.24 bits per heavy atom. The number of carboxylic acid groups (broad SMARTS) is 2. The molecule has 1 aromatic carbocycles. The summed E-state index contributed by atoms with van der Waals surface area (Å²) in [5.74, 6) is -6.52. The SMILES string of the molecule is [B]C(=O)OCc1ccc(O[C@@H]2O[C@H](C(=O)O)[C@@H](O)[C@H](O)[C@H]2O)c(C(=O)NC(CC(=O)O)C(=O)NC(C)(C)CCOC(C)(C)N=C(C)CC/C(C)=C/CC/C(C)=C/C)c1. The van der Waals surface area contributed by atoms with Crippen molar-refractivity contribution in [3.63, 3.8) is 0 Å². The van der Waals surface area contributed by atoms with Gasteiger partial charge < -0.3 is 55.1 Å². The maximum atomic E-state index is 13.7. The zero-order valence-corrected chi connectivity index (χ0v) is 34.4. The Balaban J connectivity index is 2.19. The first-order chi connectivity index (χ1) is 26.9. The Bertz CT molecular complexity index is 1710. The number of hydrogen-bond donors (Lipinski definition) is 7. The summed E-state index contributed by atoms with van der Waals surface area (Å²) >= 11 is 0. The molecular formula is C40H58BN3O14. The summed E-state index contributed by atoms with van der Waals surface area (Å²) in [5.41, 5.74) is 1.52. The van der Waals surface area contributed by atoms with Crippen LogP contribution in [0.1, 0.15) is 110 Å². The van der Waals surface area contributed by atoms with Crippen LogP contribution in [0.5, 0.6) is 5.75 Å². The van der Waals surface area contributed by atoms with Crippen LogP contribution in [0.25, 0.3) is 0 Å². The fourth-order valence-electron chi connectivity index (χ4n) is 5.75. The number of aliphatic carboxylic acids is 2. The minimum atomic E-state index is -2.02. The third-order valence-electron chi connectivity index (χ3n) is 9.24. The lowest BCUT2D eigenvalue weighted by atomic mass is 9.99. The Labute approximate surface area is 340 Å². The van der Waals surface area contributed by atoms with Crippen LogP contribution in [-0.2, 0) is 35.2 Å². The first-order valence-corrected chi connectivity index (χ1v) is 18.9. The van der Waals surface area contributed by atoms with Crippen LogP contribution >= 0.6 is 0 Å². The summed E-state index contributed by atoms with van der Waals surface area (Å²) in [5, 5.41) is 55.0. The lowest BCUT2D eigenvalue weighted by Gasteiger charge is -2.38. The van der Waals surface area contributed by atoms with Crippen LogP contribution < -0.4 is 15.4 Å². The second-order valence-electron chi connectivity index (χ2n) is 15.4. The number of carboxylic acids is 2. The number of ether oxygens (including phenoxy) is 4. The molecule has 1 saturated heterocycles. The van der Waals surface area contributed by atoms with Gasteiger partial charge in [0.2, 0.25) is 25.9 Å². The third kappa shape index (κ3) is 16.7. The maximum absolute atomic E-state index is 13.7. The number of aliphatic hydroxyl groups is 3. The topological polar surface area (TPSA) is 260 Å². The molecule has 1 fully saturated rings. The lowest BCUT2D eigenvalue weighted by molar-refractivity contribution is -0.271. The van der Waals surface area contributed by atoms with Crippen molar-refractivity contribution in [1.82, 2.24) is 10.6 Å². The number of aliphatic imine (C=N–C) groups is 1. The molecule has 18 heteroatoms. The number of benzene rings is 1. The van der Waals surface area contributed by atoms with Crippen molar-refractivity contribution in [1.29, 1.82) is 0 Å². The highest BCUT2D eigenvalue weighted by Crippen LogP contribution is 2.28. The smallest absolute Gasteiger partial charge is 0.335 e. The molecule has 0 aliphatic carbocycles. The summed E-state index contributed by atoms with van der Waals surface area (Å²) in [4.78, 5) is 66.7. The van der Waals surface area contributed by atoms with Gasteiger partial charge in [0.25, 0.3) is 5.91 Å². The summed E-state index contributed by atoms with van der Waals surface area (Å²) in [6.07, 6.45) is -2.52. The molecule has 1 aliphatic heterocycles. The molecule has 6 atom stereocenters. The van der Waals surface area contributed by atoms with Crippen molar-refractivity contribution in [2.75, 3.05) is 6.61 Å². The van der Waals surface area contributed by atoms with E-state index in [-0.39, 0.29) is 24.3 Å². The monoisotopic (exact) mass is 815 g/mol. The van der Waals surface area contributed by atoms with E-state index in [0.717, 1.165) is 43.5 Å². The molecule has 2 amide bonds. The van der Waals surface area contributed by atoms with Gasteiger partial charge in [0.05, 0.1) is 18.6 Å². The molecule has 17 nitrogen and oxygen atoms in total. The van der Waals surface area contributed by atoms with E-state index in [0.29, 0.717) is 0 Å². The van der Waals surface area contributed by atoms with Crippen LogP contribution in [0.2, 0.25) is 0 Å². The predicted molar refractivity (Wildman–Crippen MR) is 212 cm³/mol. The fourth-order valence-corrected chi connectivity index (χ4v) is 5.75. The van der Waals surface area contributed by atoms with Crippen LogP contribution in [0, 0.1) is 0 Å². The van der Waals surface area contributed by atoms with Gasteiger partial charge in [0.1, 0.15) is 36.7 Å². The van der Waals surface area contributed by atoms with Gasteiger partial charge in [-0.25, -0.2) is 4.79 Å². The normalized spacial score (nSPS) is 21.2. The Morgan fingerprint density at radius 1 is 0.966 bits per heavy atom. The van der Waals surface area contributed by atoms with Crippen LogP contribution in [0.3, 0.4) is 0 Å². The van der Waals surface area contributed by atoms with Gasteiger partial charge in [-0.05, 0) is 105 Å². The van der Waals surface area contributed by atoms with Crippen LogP contribution in [0.4, 0.5) is 4.79 Å². The quantitative estimate of drug-likeness (QED) is 0.0504. The Morgan fingerprint density at radius 2 is 1.64 bits per heavy atom. The fraction of sp³-hybridized carbons (Fsp3) is 0.600. The zero-order chi connectivity index (χ0) is 44.0. The predicted octanol–water partition coefficient (Wildman–Crippen LogP) is 3.31. The van der Waals surface area contributed by atoms with Crippen molar-refractivity contribution in [3.8, 4) is 5.75 Å². The van der Waals surface area contributed by atoms with Crippen molar-refractivity contribution >= 4 is 43.2 Å². The lowest BCUT2D eigenvalue weighted by Crippen LogP contribution is -2.61. The number of allylic oxidation sites excluding steroid dienone is 4. The van der Waals surface area contributed by atoms with Gasteiger partial charge in [-0.3, -0.25) is 24.2 Å². The molecule has 1 aliphatic rings. The molecule has 0 aromatic heterocycles. The number of carbonyl (C=O) groups excluding carboxylic acids is 3. The van der Waals surface area contributed by atoms with Crippen molar-refractivity contribution in [2.24, 2.45) is 4.99 Å². The van der Waals surface area contributed by atoms with E-state index in [1.165, 1.54) is 17.2 Å². The van der Waals surface area contributed by atoms with E-state index < -0.39 is 96.2 Å². The first kappa shape index (κ1) is 49.5. The molecule has 1 heterocycles. The van der Waals surface area contributed by atoms with Crippen LogP contribution in [0.15, 0.2) is 46.5 Å². The van der Waals surface area contributed by atoms with Gasteiger partial charge in [0, 0.05) is 11.3 Å². The van der Waals surface area contributed by atoms with Gasteiger partial charge in [-0.2, -0.15) is 0 Å². The van der Waals surface area contributed by atoms with E-state index >= 15 is 0 Å². The molecule has 1 unspecified atom stereocenters. The van der Waals surface area contributed by atoms with E-state index in [4.69, 9.17) is 31.8 Å². The first-order valence-electron chi connectivity index (χ1n) is 18.9. The van der Waals surface area contributed by atoms with Gasteiger partial charge >= 0.3 is 11.9 Å². The molecule has 0 bridgehead atoms. The van der Waals surface area contributed by atoms with Crippen molar-refractivity contribution in [3.05, 3.63) is 52.6 Å². The molecule has 0 spiro atoms. The van der Waals surface area contributed by atoms with Crippen molar-refractivity contribution in [2.45, 2.75) is 149 Å². The van der Waals surface area contributed by atoms with E-state index in [1.54, 1.807) is 13.8 Å². The van der Waals surface area contributed by atoms with Gasteiger partial charge in [0.15, 0.2) is 11.8 Å². The van der Waals surface area contributed by atoms with E-state index in [2.05, 4.69) is 36.6 Å². The number of aliphatic hydroxyl groups excluding tert-OH is 3. The molecule has 7 N–H and O–H groups in total. The maximum Gasteiger partial charge on any atom is 0.335 e. The standard InChI is InChI=1S/C40H58BN3O14/c1-9-22(2)11-10-12-23(3)13-14-24(4)43-40(7,8)56-18-17-39(5,6)44-35(51)27(20-29(45)46)42-34(50)26-19-25(21-55-38(41)54)15-16-28(26)57-37-32(49)30(47)31(48)33(58-37)36(52)53/h9,12,15-16,19,27,30-33,37,47-49H,10-11,13-14,17-18,20-21H2,1-8H3,(H,42,50)(H,44,51)(H,45,46)(H,52,53)/b22-9+,23-12+,43-24?/t27?,30-,31-,32+,33-,37+/m0/s1. The second-order valence-corrected chi connectivity index (χ2v) is 15.4.